The van der Waals surface area contributed by atoms with E-state index in [0.29, 0.717) is 12.5 Å². The number of rotatable bonds is 7. The second-order valence-electron chi connectivity index (χ2n) is 5.92. The lowest BCUT2D eigenvalue weighted by molar-refractivity contribution is -0.122. The summed E-state index contributed by atoms with van der Waals surface area (Å²) in [6, 6.07) is 9.99. The van der Waals surface area contributed by atoms with E-state index in [1.165, 1.54) is 18.7 Å². The van der Waals surface area contributed by atoms with Crippen LogP contribution in [-0.2, 0) is 11.3 Å². The fourth-order valence-corrected chi connectivity index (χ4v) is 2.89. The Balaban J connectivity index is 1.54. The van der Waals surface area contributed by atoms with Crippen molar-refractivity contribution in [1.82, 2.24) is 14.9 Å². The van der Waals surface area contributed by atoms with Gasteiger partial charge in [0.25, 0.3) is 0 Å². The second kappa shape index (κ2) is 6.77. The van der Waals surface area contributed by atoms with Crippen molar-refractivity contribution in [3.05, 3.63) is 54.1 Å². The van der Waals surface area contributed by atoms with Crippen molar-refractivity contribution in [3.8, 4) is 0 Å². The van der Waals surface area contributed by atoms with Crippen LogP contribution in [0.3, 0.4) is 0 Å². The van der Waals surface area contributed by atoms with Crippen molar-refractivity contribution in [2.45, 2.75) is 44.6 Å². The van der Waals surface area contributed by atoms with Crippen LogP contribution in [0.25, 0.3) is 0 Å². The molecule has 0 saturated heterocycles. The average molecular weight is 297 g/mol. The smallest absolute Gasteiger partial charge is 0.227 e. The first-order valence-electron chi connectivity index (χ1n) is 8.13. The first kappa shape index (κ1) is 14.8. The number of aromatic nitrogens is 2. The molecule has 4 nitrogen and oxygen atoms in total. The molecule has 1 fully saturated rings. The molecule has 0 aliphatic heterocycles. The monoisotopic (exact) mass is 297 g/mol. The molecule has 2 aromatic rings. The molecule has 116 valence electrons. The number of nitrogens with one attached hydrogen (secondary N) is 1. The van der Waals surface area contributed by atoms with Crippen LogP contribution < -0.4 is 5.32 Å². The van der Waals surface area contributed by atoms with Gasteiger partial charge in [-0.05, 0) is 24.8 Å². The standard InChI is InChI=1S/C18H23N3O/c1-2-16(14-6-4-3-5-7-14)18(22)20-11-13-21-12-10-19-17(21)15-8-9-15/h3-7,10,12,15-16H,2,8-9,11,13H2,1H3,(H,20,22). The van der Waals surface area contributed by atoms with Crippen molar-refractivity contribution < 1.29 is 4.79 Å². The third-order valence-electron chi connectivity index (χ3n) is 4.27. The van der Waals surface area contributed by atoms with Crippen LogP contribution in [0.5, 0.6) is 0 Å². The van der Waals surface area contributed by atoms with E-state index in [2.05, 4.69) is 21.8 Å². The van der Waals surface area contributed by atoms with Gasteiger partial charge in [-0.1, -0.05) is 37.3 Å². The minimum atomic E-state index is -0.0631. The normalized spacial score (nSPS) is 15.5. The number of carbonyl (C=O) groups is 1. The van der Waals surface area contributed by atoms with Crippen LogP contribution in [0.1, 0.15) is 49.4 Å². The van der Waals surface area contributed by atoms with Gasteiger partial charge in [-0.3, -0.25) is 4.79 Å². The topological polar surface area (TPSA) is 46.9 Å². The summed E-state index contributed by atoms with van der Waals surface area (Å²) < 4.78 is 2.17. The number of imidazole rings is 1. The summed E-state index contributed by atoms with van der Waals surface area (Å²) in [7, 11) is 0. The summed E-state index contributed by atoms with van der Waals surface area (Å²) in [6.45, 7) is 3.50. The van der Waals surface area contributed by atoms with Crippen LogP contribution in [0.2, 0.25) is 0 Å². The molecule has 1 aromatic heterocycles. The number of hydrogen-bond acceptors (Lipinski definition) is 2. The molecule has 0 bridgehead atoms. The summed E-state index contributed by atoms with van der Waals surface area (Å²) in [4.78, 5) is 16.8. The maximum Gasteiger partial charge on any atom is 0.227 e. The minimum absolute atomic E-state index is 0.0631. The van der Waals surface area contributed by atoms with Crippen molar-refractivity contribution in [2.24, 2.45) is 0 Å². The first-order valence-corrected chi connectivity index (χ1v) is 8.13. The van der Waals surface area contributed by atoms with Gasteiger partial charge in [-0.15, -0.1) is 0 Å². The van der Waals surface area contributed by atoms with E-state index in [1.807, 2.05) is 42.7 Å². The molecule has 4 heteroatoms. The zero-order chi connectivity index (χ0) is 15.4. The number of amides is 1. The Bertz CT molecular complexity index is 616. The molecule has 22 heavy (non-hydrogen) atoms. The number of carbonyl (C=O) groups excluding carboxylic acids is 1. The van der Waals surface area contributed by atoms with Crippen molar-refractivity contribution in [2.75, 3.05) is 6.54 Å². The minimum Gasteiger partial charge on any atom is -0.354 e. The molecule has 1 aromatic carbocycles. The Morgan fingerprint density at radius 3 is 2.82 bits per heavy atom. The fraction of sp³-hybridized carbons (Fsp3) is 0.444. The van der Waals surface area contributed by atoms with Crippen LogP contribution in [0, 0.1) is 0 Å². The molecular weight excluding hydrogens is 274 g/mol. The van der Waals surface area contributed by atoms with Gasteiger partial charge >= 0.3 is 0 Å². The lowest BCUT2D eigenvalue weighted by Gasteiger charge is -2.16. The molecule has 1 amide bonds. The molecular formula is C18H23N3O. The largest absolute Gasteiger partial charge is 0.354 e. The Kier molecular flexibility index (Phi) is 4.56. The van der Waals surface area contributed by atoms with Crippen LogP contribution in [0.15, 0.2) is 42.7 Å². The van der Waals surface area contributed by atoms with E-state index in [1.54, 1.807) is 0 Å². The SMILES string of the molecule is CCC(C(=O)NCCn1ccnc1C1CC1)c1ccccc1. The van der Waals surface area contributed by atoms with E-state index < -0.39 is 0 Å². The lowest BCUT2D eigenvalue weighted by Crippen LogP contribution is -2.32. The predicted molar refractivity (Wildman–Crippen MR) is 86.7 cm³/mol. The highest BCUT2D eigenvalue weighted by Crippen LogP contribution is 2.38. The molecule has 1 atom stereocenters. The summed E-state index contributed by atoms with van der Waals surface area (Å²) in [5.41, 5.74) is 1.09. The summed E-state index contributed by atoms with van der Waals surface area (Å²) in [5, 5.41) is 3.07. The van der Waals surface area contributed by atoms with Crippen molar-refractivity contribution >= 4 is 5.91 Å². The third-order valence-corrected chi connectivity index (χ3v) is 4.27. The average Bonchev–Trinajstić information content (AvgIpc) is 3.28. The van der Waals surface area contributed by atoms with Crippen molar-refractivity contribution in [3.63, 3.8) is 0 Å². The van der Waals surface area contributed by atoms with Crippen LogP contribution in [-0.4, -0.2) is 22.0 Å². The lowest BCUT2D eigenvalue weighted by atomic mass is 9.96. The molecule has 3 rings (SSSR count). The van der Waals surface area contributed by atoms with E-state index in [9.17, 15) is 4.79 Å². The van der Waals surface area contributed by atoms with Gasteiger partial charge in [0.15, 0.2) is 0 Å². The molecule has 0 radical (unpaired) electrons. The summed E-state index contributed by atoms with van der Waals surface area (Å²) in [5.74, 6) is 1.86. The van der Waals surface area contributed by atoms with Crippen LogP contribution in [0.4, 0.5) is 0 Å². The zero-order valence-electron chi connectivity index (χ0n) is 13.0. The molecule has 1 aliphatic carbocycles. The maximum absolute atomic E-state index is 12.4. The Hall–Kier alpha value is -2.10. The van der Waals surface area contributed by atoms with Gasteiger partial charge in [-0.25, -0.2) is 4.98 Å². The van der Waals surface area contributed by atoms with Gasteiger partial charge in [0, 0.05) is 31.4 Å². The highest BCUT2D eigenvalue weighted by atomic mass is 16.1. The molecule has 1 saturated carbocycles. The summed E-state index contributed by atoms with van der Waals surface area (Å²) in [6.07, 6.45) is 7.17. The van der Waals surface area contributed by atoms with Gasteiger partial charge in [-0.2, -0.15) is 0 Å². The van der Waals surface area contributed by atoms with Crippen molar-refractivity contribution in [1.29, 1.82) is 0 Å². The maximum atomic E-state index is 12.4. The second-order valence-corrected chi connectivity index (χ2v) is 5.92. The van der Waals surface area contributed by atoms with E-state index >= 15 is 0 Å². The van der Waals surface area contributed by atoms with Gasteiger partial charge < -0.3 is 9.88 Å². The molecule has 0 spiro atoms. The molecule has 1 heterocycles. The molecule has 1 N–H and O–H groups in total. The van der Waals surface area contributed by atoms with Gasteiger partial charge in [0.2, 0.25) is 5.91 Å². The van der Waals surface area contributed by atoms with E-state index in [4.69, 9.17) is 0 Å². The first-order chi connectivity index (χ1) is 10.8. The Morgan fingerprint density at radius 2 is 2.14 bits per heavy atom. The molecule has 1 aliphatic rings. The number of hydrogen-bond donors (Lipinski definition) is 1. The summed E-state index contributed by atoms with van der Waals surface area (Å²) >= 11 is 0. The van der Waals surface area contributed by atoms with Gasteiger partial charge in [0.05, 0.1) is 5.92 Å². The Labute approximate surface area is 131 Å². The predicted octanol–water partition coefficient (Wildman–Crippen LogP) is 3.07. The fourth-order valence-electron chi connectivity index (χ4n) is 2.89. The third kappa shape index (κ3) is 3.38. The number of nitrogens with zero attached hydrogens (tertiary/aromatic N) is 2. The zero-order valence-corrected chi connectivity index (χ0v) is 13.0. The highest BCUT2D eigenvalue weighted by Gasteiger charge is 2.27. The highest BCUT2D eigenvalue weighted by molar-refractivity contribution is 5.83. The van der Waals surface area contributed by atoms with E-state index in [0.717, 1.165) is 18.5 Å². The van der Waals surface area contributed by atoms with Gasteiger partial charge in [0.1, 0.15) is 5.82 Å². The molecule has 1 unspecified atom stereocenters. The number of benzene rings is 1. The Morgan fingerprint density at radius 1 is 1.36 bits per heavy atom. The quantitative estimate of drug-likeness (QED) is 0.853. The van der Waals surface area contributed by atoms with E-state index in [-0.39, 0.29) is 11.8 Å². The van der Waals surface area contributed by atoms with Crippen LogP contribution >= 0.6 is 0 Å².